The van der Waals surface area contributed by atoms with Gasteiger partial charge in [0, 0.05) is 18.1 Å². The first-order chi connectivity index (χ1) is 11.8. The van der Waals surface area contributed by atoms with E-state index in [4.69, 9.17) is 9.78 Å². The summed E-state index contributed by atoms with van der Waals surface area (Å²) < 4.78 is 5.24. The SMILES string of the molecule is N#CCCN(Cc1ccccn1)C(=O)Cc1noc2ccccc12. The lowest BCUT2D eigenvalue weighted by Gasteiger charge is -2.20. The zero-order valence-electron chi connectivity index (χ0n) is 13.1. The molecule has 6 nitrogen and oxygen atoms in total. The van der Waals surface area contributed by atoms with Gasteiger partial charge in [-0.2, -0.15) is 5.26 Å². The van der Waals surface area contributed by atoms with Crippen LogP contribution in [-0.2, 0) is 17.8 Å². The van der Waals surface area contributed by atoms with Crippen molar-refractivity contribution in [3.63, 3.8) is 0 Å². The van der Waals surface area contributed by atoms with Crippen molar-refractivity contribution >= 4 is 16.9 Å². The number of rotatable bonds is 6. The van der Waals surface area contributed by atoms with Gasteiger partial charge < -0.3 is 9.42 Å². The van der Waals surface area contributed by atoms with Gasteiger partial charge in [0.2, 0.25) is 5.91 Å². The van der Waals surface area contributed by atoms with Crippen molar-refractivity contribution in [3.05, 3.63) is 60.0 Å². The number of amides is 1. The van der Waals surface area contributed by atoms with Crippen molar-refractivity contribution in [2.24, 2.45) is 0 Å². The van der Waals surface area contributed by atoms with Gasteiger partial charge in [0.05, 0.1) is 31.1 Å². The number of para-hydroxylation sites is 1. The molecule has 0 radical (unpaired) electrons. The van der Waals surface area contributed by atoms with Crippen LogP contribution in [-0.4, -0.2) is 27.5 Å². The number of benzene rings is 1. The number of pyridine rings is 1. The van der Waals surface area contributed by atoms with Crippen molar-refractivity contribution in [3.8, 4) is 6.07 Å². The largest absolute Gasteiger partial charge is 0.356 e. The molecule has 1 aromatic carbocycles. The third-order valence-electron chi connectivity index (χ3n) is 3.70. The minimum Gasteiger partial charge on any atom is -0.356 e. The molecule has 0 fully saturated rings. The molecule has 2 aromatic heterocycles. The van der Waals surface area contributed by atoms with E-state index in [2.05, 4.69) is 16.2 Å². The number of carbonyl (C=O) groups excluding carboxylic acids is 1. The van der Waals surface area contributed by atoms with Crippen LogP contribution in [0.1, 0.15) is 17.8 Å². The van der Waals surface area contributed by atoms with Gasteiger partial charge in [-0.15, -0.1) is 0 Å². The molecule has 1 amide bonds. The first-order valence-corrected chi connectivity index (χ1v) is 7.66. The standard InChI is InChI=1S/C18H16N4O2/c19-9-5-11-22(13-14-6-3-4-10-20-14)18(23)12-16-15-7-1-2-8-17(15)24-21-16/h1-4,6-8,10H,5,11-13H2. The fourth-order valence-corrected chi connectivity index (χ4v) is 2.48. The third-order valence-corrected chi connectivity index (χ3v) is 3.70. The summed E-state index contributed by atoms with van der Waals surface area (Å²) in [6.45, 7) is 0.735. The second-order valence-electron chi connectivity index (χ2n) is 5.35. The molecule has 0 spiro atoms. The molecule has 3 aromatic rings. The number of aromatic nitrogens is 2. The number of carbonyl (C=O) groups is 1. The second-order valence-corrected chi connectivity index (χ2v) is 5.35. The predicted molar refractivity (Wildman–Crippen MR) is 87.6 cm³/mol. The quantitative estimate of drug-likeness (QED) is 0.697. The van der Waals surface area contributed by atoms with Gasteiger partial charge in [-0.3, -0.25) is 9.78 Å². The number of hydrogen-bond donors (Lipinski definition) is 0. The highest BCUT2D eigenvalue weighted by molar-refractivity contribution is 5.86. The molecular formula is C18H16N4O2. The maximum Gasteiger partial charge on any atom is 0.229 e. The molecule has 0 bridgehead atoms. The summed E-state index contributed by atoms with van der Waals surface area (Å²) in [5.74, 6) is -0.102. The summed E-state index contributed by atoms with van der Waals surface area (Å²) >= 11 is 0. The van der Waals surface area contributed by atoms with Gasteiger partial charge in [-0.1, -0.05) is 23.4 Å². The van der Waals surface area contributed by atoms with E-state index < -0.39 is 0 Å². The Bertz CT molecular complexity index is 867. The average Bonchev–Trinajstić information content (AvgIpc) is 3.02. The normalized spacial score (nSPS) is 10.5. The Morgan fingerprint density at radius 1 is 1.21 bits per heavy atom. The van der Waals surface area contributed by atoms with E-state index in [1.54, 1.807) is 11.1 Å². The molecule has 2 heterocycles. The number of nitriles is 1. The minimum atomic E-state index is -0.102. The molecule has 0 aliphatic heterocycles. The summed E-state index contributed by atoms with van der Waals surface area (Å²) in [6, 6.07) is 15.1. The fraction of sp³-hybridized carbons (Fsp3) is 0.222. The Morgan fingerprint density at radius 3 is 2.83 bits per heavy atom. The Kier molecular flexibility index (Phi) is 4.82. The molecule has 0 unspecified atom stereocenters. The first kappa shape index (κ1) is 15.7. The highest BCUT2D eigenvalue weighted by Gasteiger charge is 2.18. The molecular weight excluding hydrogens is 304 g/mol. The second kappa shape index (κ2) is 7.38. The van der Waals surface area contributed by atoms with E-state index in [1.165, 1.54) is 0 Å². The zero-order chi connectivity index (χ0) is 16.8. The summed E-state index contributed by atoms with van der Waals surface area (Å²) in [6.07, 6.45) is 2.10. The lowest BCUT2D eigenvalue weighted by Crippen LogP contribution is -2.33. The van der Waals surface area contributed by atoms with E-state index in [9.17, 15) is 4.79 Å². The smallest absolute Gasteiger partial charge is 0.229 e. The Labute approximate surface area is 139 Å². The Balaban J connectivity index is 1.76. The van der Waals surface area contributed by atoms with Crippen LogP contribution in [0, 0.1) is 11.3 Å². The van der Waals surface area contributed by atoms with E-state index >= 15 is 0 Å². The van der Waals surface area contributed by atoms with Crippen molar-refractivity contribution in [1.82, 2.24) is 15.0 Å². The molecule has 0 aliphatic carbocycles. The van der Waals surface area contributed by atoms with Crippen molar-refractivity contribution in [2.75, 3.05) is 6.54 Å². The van der Waals surface area contributed by atoms with Crippen LogP contribution < -0.4 is 0 Å². The van der Waals surface area contributed by atoms with Crippen molar-refractivity contribution in [1.29, 1.82) is 5.26 Å². The van der Waals surface area contributed by atoms with Gasteiger partial charge in [-0.25, -0.2) is 0 Å². The lowest BCUT2D eigenvalue weighted by atomic mass is 10.1. The molecule has 0 atom stereocenters. The van der Waals surface area contributed by atoms with E-state index in [0.717, 1.165) is 11.1 Å². The maximum atomic E-state index is 12.7. The molecule has 3 rings (SSSR count). The molecule has 0 saturated carbocycles. The molecule has 24 heavy (non-hydrogen) atoms. The predicted octanol–water partition coefficient (Wildman–Crippen LogP) is 2.71. The van der Waals surface area contributed by atoms with Crippen LogP contribution in [0.3, 0.4) is 0 Å². The Hall–Kier alpha value is -3.20. The summed E-state index contributed by atoms with van der Waals surface area (Å²) in [5, 5.41) is 13.7. The van der Waals surface area contributed by atoms with Crippen LogP contribution in [0.5, 0.6) is 0 Å². The molecule has 0 saturated heterocycles. The van der Waals surface area contributed by atoms with Gasteiger partial charge >= 0.3 is 0 Å². The van der Waals surface area contributed by atoms with Gasteiger partial charge in [0.15, 0.2) is 5.58 Å². The van der Waals surface area contributed by atoms with Gasteiger partial charge in [-0.05, 0) is 24.3 Å². The van der Waals surface area contributed by atoms with Crippen LogP contribution in [0.25, 0.3) is 11.0 Å². The number of fused-ring (bicyclic) bond motifs is 1. The number of nitrogens with zero attached hydrogens (tertiary/aromatic N) is 4. The van der Waals surface area contributed by atoms with Gasteiger partial charge in [0.25, 0.3) is 0 Å². The summed E-state index contributed by atoms with van der Waals surface area (Å²) in [7, 11) is 0. The monoisotopic (exact) mass is 320 g/mol. The highest BCUT2D eigenvalue weighted by Crippen LogP contribution is 2.19. The molecule has 120 valence electrons. The zero-order valence-corrected chi connectivity index (χ0v) is 13.1. The lowest BCUT2D eigenvalue weighted by molar-refractivity contribution is -0.131. The van der Waals surface area contributed by atoms with E-state index in [-0.39, 0.29) is 18.7 Å². The summed E-state index contributed by atoms with van der Waals surface area (Å²) in [4.78, 5) is 18.6. The average molecular weight is 320 g/mol. The molecule has 6 heteroatoms. The summed E-state index contributed by atoms with van der Waals surface area (Å²) in [5.41, 5.74) is 2.06. The van der Waals surface area contributed by atoms with E-state index in [1.807, 2.05) is 42.5 Å². The number of hydrogen-bond acceptors (Lipinski definition) is 5. The van der Waals surface area contributed by atoms with Crippen molar-refractivity contribution in [2.45, 2.75) is 19.4 Å². The fourth-order valence-electron chi connectivity index (χ4n) is 2.48. The minimum absolute atomic E-state index is 0.102. The van der Waals surface area contributed by atoms with Crippen molar-refractivity contribution < 1.29 is 9.32 Å². The van der Waals surface area contributed by atoms with Gasteiger partial charge in [0.1, 0.15) is 5.69 Å². The molecule has 0 aliphatic rings. The third kappa shape index (κ3) is 3.58. The van der Waals surface area contributed by atoms with E-state index in [0.29, 0.717) is 24.4 Å². The molecule has 0 N–H and O–H groups in total. The topological polar surface area (TPSA) is 83.0 Å². The van der Waals surface area contributed by atoms with Crippen LogP contribution in [0.15, 0.2) is 53.2 Å². The Morgan fingerprint density at radius 2 is 2.04 bits per heavy atom. The highest BCUT2D eigenvalue weighted by atomic mass is 16.5. The van der Waals surface area contributed by atoms with Crippen LogP contribution >= 0.6 is 0 Å². The maximum absolute atomic E-state index is 12.7. The first-order valence-electron chi connectivity index (χ1n) is 7.66. The van der Waals surface area contributed by atoms with Crippen LogP contribution in [0.2, 0.25) is 0 Å². The van der Waals surface area contributed by atoms with Crippen LogP contribution in [0.4, 0.5) is 0 Å².